The van der Waals surface area contributed by atoms with E-state index in [4.69, 9.17) is 14.2 Å². The maximum atomic E-state index is 11.3. The Balaban J connectivity index is 1.58. The summed E-state index contributed by atoms with van der Waals surface area (Å²) in [5.74, 6) is -0.785. The molecule has 2 aliphatic rings. The number of rotatable bonds is 6. The molecule has 10 heteroatoms. The molecule has 0 radical (unpaired) electrons. The number of carboxylic acids is 1. The monoisotopic (exact) mass is 470 g/mol. The Bertz CT molecular complexity index is 1090. The quantitative estimate of drug-likeness (QED) is 0.485. The van der Waals surface area contributed by atoms with Crippen molar-refractivity contribution in [3.05, 3.63) is 59.4 Å². The normalized spacial score (nSPS) is 28.3. The number of aliphatic hydroxyl groups excluding tert-OH is 3. The number of nitrogens with zero attached hydrogens (tertiary/aromatic N) is 2. The molecule has 180 valence electrons. The molecule has 2 aliphatic heterocycles. The maximum absolute atomic E-state index is 11.3. The minimum atomic E-state index is -1.79. The lowest BCUT2D eigenvalue weighted by Gasteiger charge is -2.38. The number of benzene rings is 1. The zero-order chi connectivity index (χ0) is 24.2. The fourth-order valence-corrected chi connectivity index (χ4v) is 3.96. The lowest BCUT2D eigenvalue weighted by Crippen LogP contribution is -2.61. The molecule has 0 spiro atoms. The number of carboxylic acid groups (broad SMARTS) is 1. The highest BCUT2D eigenvalue weighted by molar-refractivity contribution is 6.15. The number of allylic oxidation sites excluding steroid dienone is 1. The summed E-state index contributed by atoms with van der Waals surface area (Å²) < 4.78 is 16.3. The molecule has 1 saturated heterocycles. The van der Waals surface area contributed by atoms with Gasteiger partial charge in [-0.1, -0.05) is 0 Å². The van der Waals surface area contributed by atoms with Crippen molar-refractivity contribution in [3.63, 3.8) is 0 Å². The van der Waals surface area contributed by atoms with Crippen LogP contribution >= 0.6 is 0 Å². The van der Waals surface area contributed by atoms with E-state index in [-0.39, 0.29) is 5.75 Å². The molecule has 0 aliphatic carbocycles. The molecule has 5 unspecified atom stereocenters. The van der Waals surface area contributed by atoms with Crippen LogP contribution in [0.25, 0.3) is 6.08 Å². The Labute approximate surface area is 195 Å². The number of aromatic nitrogens is 1. The Morgan fingerprint density at radius 2 is 2.00 bits per heavy atom. The van der Waals surface area contributed by atoms with Crippen LogP contribution in [0.15, 0.2) is 53.3 Å². The van der Waals surface area contributed by atoms with Crippen LogP contribution in [-0.4, -0.2) is 81.5 Å². The van der Waals surface area contributed by atoms with E-state index in [2.05, 4.69) is 9.98 Å². The topological polar surface area (TPSA) is 151 Å². The van der Waals surface area contributed by atoms with Gasteiger partial charge >= 0.3 is 5.97 Å². The van der Waals surface area contributed by atoms with Crippen LogP contribution in [0.4, 0.5) is 0 Å². The summed E-state index contributed by atoms with van der Waals surface area (Å²) in [6.45, 7) is 0.743. The number of methoxy groups -OCH3 is 1. The van der Waals surface area contributed by atoms with Gasteiger partial charge in [0.15, 0.2) is 6.10 Å². The van der Waals surface area contributed by atoms with E-state index in [1.807, 2.05) is 18.2 Å². The molecular weight excluding hydrogens is 444 g/mol. The molecule has 0 bridgehead atoms. The number of carbonyl (C=O) groups is 1. The number of aliphatic carboxylic acids is 1. The summed E-state index contributed by atoms with van der Waals surface area (Å²) >= 11 is 0. The molecule has 0 saturated carbocycles. The largest absolute Gasteiger partial charge is 0.496 e. The Morgan fingerprint density at radius 3 is 2.71 bits per heavy atom. The Hall–Kier alpha value is -3.31. The van der Waals surface area contributed by atoms with E-state index >= 15 is 0 Å². The van der Waals surface area contributed by atoms with Crippen LogP contribution in [0.5, 0.6) is 11.5 Å². The smallest absolute Gasteiger partial charge is 0.335 e. The fourth-order valence-electron chi connectivity index (χ4n) is 3.96. The molecule has 1 fully saturated rings. The van der Waals surface area contributed by atoms with Gasteiger partial charge < -0.3 is 34.6 Å². The van der Waals surface area contributed by atoms with Crippen molar-refractivity contribution in [2.45, 2.75) is 43.5 Å². The standard InChI is InChI=1S/C24H26N2O8/c1-32-17-11-16(33-24-21(29)19(27)20(28)22(34-24)23(30)31)7-6-13(17)10-14-4-3-9-26-18(14)15-5-2-8-25-12-15/h2,5-8,10-12,19-22,24,27-29H,3-4,9H2,1H3,(H,30,31). The molecule has 1 aromatic carbocycles. The number of aliphatic hydroxyl groups is 3. The van der Waals surface area contributed by atoms with Gasteiger partial charge in [0.1, 0.15) is 29.8 Å². The SMILES string of the molecule is COc1cc(OC2OC(C(=O)O)C(O)C(O)C2O)ccc1C=C1CCCN=C1c1cccnc1. The van der Waals surface area contributed by atoms with Gasteiger partial charge in [0.2, 0.25) is 6.29 Å². The van der Waals surface area contributed by atoms with E-state index in [0.717, 1.165) is 41.8 Å². The lowest BCUT2D eigenvalue weighted by atomic mass is 9.94. The number of aliphatic imine (C=N–C) groups is 1. The summed E-state index contributed by atoms with van der Waals surface area (Å²) in [6.07, 6.45) is -1.20. The number of pyridine rings is 1. The van der Waals surface area contributed by atoms with Gasteiger partial charge in [-0.3, -0.25) is 9.98 Å². The van der Waals surface area contributed by atoms with Crippen LogP contribution in [0.3, 0.4) is 0 Å². The predicted molar refractivity (Wildman–Crippen MR) is 121 cm³/mol. The highest BCUT2D eigenvalue weighted by atomic mass is 16.7. The van der Waals surface area contributed by atoms with Crippen molar-refractivity contribution in [3.8, 4) is 11.5 Å². The van der Waals surface area contributed by atoms with Crippen LogP contribution in [0.1, 0.15) is 24.0 Å². The minimum absolute atomic E-state index is 0.223. The highest BCUT2D eigenvalue weighted by Gasteiger charge is 2.48. The lowest BCUT2D eigenvalue weighted by molar-refractivity contribution is -0.271. The number of ether oxygens (including phenoxy) is 3. The van der Waals surface area contributed by atoms with Gasteiger partial charge in [-0.05, 0) is 48.8 Å². The first-order valence-electron chi connectivity index (χ1n) is 10.8. The van der Waals surface area contributed by atoms with Gasteiger partial charge in [-0.25, -0.2) is 4.79 Å². The van der Waals surface area contributed by atoms with Crippen molar-refractivity contribution < 1.29 is 39.4 Å². The van der Waals surface area contributed by atoms with Gasteiger partial charge in [-0.15, -0.1) is 0 Å². The average Bonchev–Trinajstić information content (AvgIpc) is 2.85. The van der Waals surface area contributed by atoms with Crippen LogP contribution in [-0.2, 0) is 9.53 Å². The zero-order valence-corrected chi connectivity index (χ0v) is 18.4. The van der Waals surface area contributed by atoms with Crippen molar-refractivity contribution >= 4 is 17.8 Å². The fraction of sp³-hybridized carbons (Fsp3) is 0.375. The minimum Gasteiger partial charge on any atom is -0.496 e. The van der Waals surface area contributed by atoms with E-state index < -0.39 is 36.7 Å². The second-order valence-corrected chi connectivity index (χ2v) is 8.00. The summed E-state index contributed by atoms with van der Waals surface area (Å²) in [5, 5.41) is 39.2. The summed E-state index contributed by atoms with van der Waals surface area (Å²) in [6, 6.07) is 8.76. The molecule has 3 heterocycles. The molecule has 34 heavy (non-hydrogen) atoms. The first-order valence-corrected chi connectivity index (χ1v) is 10.8. The Morgan fingerprint density at radius 1 is 1.18 bits per heavy atom. The maximum Gasteiger partial charge on any atom is 0.335 e. The first kappa shape index (κ1) is 23.8. The number of hydrogen-bond acceptors (Lipinski definition) is 9. The van der Waals surface area contributed by atoms with Gasteiger partial charge in [0.05, 0.1) is 12.8 Å². The average molecular weight is 470 g/mol. The first-order chi connectivity index (χ1) is 16.4. The molecule has 4 rings (SSSR count). The molecule has 5 atom stereocenters. The highest BCUT2D eigenvalue weighted by Crippen LogP contribution is 2.31. The summed E-state index contributed by atoms with van der Waals surface area (Å²) in [5.41, 5.74) is 3.63. The number of hydrogen-bond donors (Lipinski definition) is 4. The zero-order valence-electron chi connectivity index (χ0n) is 18.4. The third kappa shape index (κ3) is 4.95. The van der Waals surface area contributed by atoms with Gasteiger partial charge in [0, 0.05) is 36.1 Å². The van der Waals surface area contributed by atoms with Crippen molar-refractivity contribution in [2.75, 3.05) is 13.7 Å². The predicted octanol–water partition coefficient (Wildman–Crippen LogP) is 1.03. The van der Waals surface area contributed by atoms with Crippen molar-refractivity contribution in [2.24, 2.45) is 4.99 Å². The Kier molecular flexibility index (Phi) is 7.23. The van der Waals surface area contributed by atoms with Gasteiger partial charge in [0.25, 0.3) is 0 Å². The third-order valence-electron chi connectivity index (χ3n) is 5.71. The molecule has 0 amide bonds. The van der Waals surface area contributed by atoms with E-state index in [9.17, 15) is 25.2 Å². The summed E-state index contributed by atoms with van der Waals surface area (Å²) in [7, 11) is 1.50. The van der Waals surface area contributed by atoms with E-state index in [1.54, 1.807) is 30.6 Å². The van der Waals surface area contributed by atoms with Crippen molar-refractivity contribution in [1.82, 2.24) is 4.98 Å². The molecule has 1 aromatic heterocycles. The molecule has 4 N–H and O–H groups in total. The van der Waals surface area contributed by atoms with Crippen molar-refractivity contribution in [1.29, 1.82) is 0 Å². The third-order valence-corrected chi connectivity index (χ3v) is 5.71. The van der Waals surface area contributed by atoms with Crippen LogP contribution in [0.2, 0.25) is 0 Å². The van der Waals surface area contributed by atoms with E-state index in [0.29, 0.717) is 5.75 Å². The second kappa shape index (κ2) is 10.3. The van der Waals surface area contributed by atoms with Crippen LogP contribution in [0, 0.1) is 0 Å². The molecular formula is C24H26N2O8. The summed E-state index contributed by atoms with van der Waals surface area (Å²) in [4.78, 5) is 20.2. The van der Waals surface area contributed by atoms with Gasteiger partial charge in [-0.2, -0.15) is 0 Å². The molecule has 10 nitrogen and oxygen atoms in total. The van der Waals surface area contributed by atoms with Crippen LogP contribution < -0.4 is 9.47 Å². The molecule has 2 aromatic rings. The van der Waals surface area contributed by atoms with E-state index in [1.165, 1.54) is 7.11 Å². The second-order valence-electron chi connectivity index (χ2n) is 8.00.